The lowest BCUT2D eigenvalue weighted by molar-refractivity contribution is -0.136. The summed E-state index contributed by atoms with van der Waals surface area (Å²) in [5, 5.41) is 11.6. The molecule has 0 aliphatic rings. The largest absolute Gasteiger partial charge is 0.481 e. The van der Waals surface area contributed by atoms with Crippen LogP contribution in [0.25, 0.3) is 0 Å². The lowest BCUT2D eigenvalue weighted by Gasteiger charge is -2.14. The molecule has 0 aliphatic heterocycles. The summed E-state index contributed by atoms with van der Waals surface area (Å²) < 4.78 is 0. The summed E-state index contributed by atoms with van der Waals surface area (Å²) in [4.78, 5) is 22.8. The maximum atomic E-state index is 12.2. The van der Waals surface area contributed by atoms with E-state index < -0.39 is 5.97 Å². The van der Waals surface area contributed by atoms with E-state index in [4.69, 9.17) is 5.11 Å². The van der Waals surface area contributed by atoms with Crippen LogP contribution < -0.4 is 5.32 Å². The number of carboxylic acid groups (broad SMARTS) is 1. The first kappa shape index (κ1) is 16.7. The molecule has 1 amide bonds. The Bertz CT molecular complexity index is 692. The molecule has 0 radical (unpaired) electrons. The summed E-state index contributed by atoms with van der Waals surface area (Å²) in [7, 11) is 0. The zero-order chi connectivity index (χ0) is 16.8. The average Bonchev–Trinajstić information content (AvgIpc) is 2.49. The molecule has 0 aromatic heterocycles. The second kappa shape index (κ2) is 7.58. The number of carboxylic acids is 1. The van der Waals surface area contributed by atoms with Crippen molar-refractivity contribution in [1.29, 1.82) is 0 Å². The SMILES string of the molecule is Cc1ccccc1C(C)CC(=O)Nc1ccc(CC(=O)O)cc1. The van der Waals surface area contributed by atoms with Crippen molar-refractivity contribution in [3.05, 3.63) is 65.2 Å². The maximum Gasteiger partial charge on any atom is 0.307 e. The Balaban J connectivity index is 1.94. The number of hydrogen-bond acceptors (Lipinski definition) is 2. The van der Waals surface area contributed by atoms with Crippen LogP contribution >= 0.6 is 0 Å². The highest BCUT2D eigenvalue weighted by Crippen LogP contribution is 2.23. The van der Waals surface area contributed by atoms with E-state index in [-0.39, 0.29) is 18.2 Å². The van der Waals surface area contributed by atoms with Crippen molar-refractivity contribution in [2.24, 2.45) is 0 Å². The second-order valence-electron chi connectivity index (χ2n) is 5.78. The summed E-state index contributed by atoms with van der Waals surface area (Å²) >= 11 is 0. The van der Waals surface area contributed by atoms with Crippen LogP contribution in [0.15, 0.2) is 48.5 Å². The Morgan fingerprint density at radius 2 is 1.74 bits per heavy atom. The number of amides is 1. The Morgan fingerprint density at radius 3 is 2.35 bits per heavy atom. The van der Waals surface area contributed by atoms with Gasteiger partial charge >= 0.3 is 5.97 Å². The van der Waals surface area contributed by atoms with Gasteiger partial charge in [-0.3, -0.25) is 9.59 Å². The van der Waals surface area contributed by atoms with Gasteiger partial charge in [0.15, 0.2) is 0 Å². The van der Waals surface area contributed by atoms with Gasteiger partial charge in [0.25, 0.3) is 0 Å². The van der Waals surface area contributed by atoms with E-state index in [1.807, 2.05) is 38.1 Å². The fourth-order valence-electron chi connectivity index (χ4n) is 2.62. The summed E-state index contributed by atoms with van der Waals surface area (Å²) in [5.74, 6) is -0.775. The van der Waals surface area contributed by atoms with Gasteiger partial charge in [0, 0.05) is 12.1 Å². The Morgan fingerprint density at radius 1 is 1.09 bits per heavy atom. The van der Waals surface area contributed by atoms with Crippen molar-refractivity contribution in [3.8, 4) is 0 Å². The lowest BCUT2D eigenvalue weighted by Crippen LogP contribution is -2.15. The van der Waals surface area contributed by atoms with E-state index >= 15 is 0 Å². The highest BCUT2D eigenvalue weighted by atomic mass is 16.4. The maximum absolute atomic E-state index is 12.2. The van der Waals surface area contributed by atoms with E-state index in [9.17, 15) is 9.59 Å². The molecule has 1 unspecified atom stereocenters. The highest BCUT2D eigenvalue weighted by molar-refractivity contribution is 5.91. The third kappa shape index (κ3) is 4.95. The van der Waals surface area contributed by atoms with Crippen LogP contribution in [-0.4, -0.2) is 17.0 Å². The van der Waals surface area contributed by atoms with Crippen molar-refractivity contribution >= 4 is 17.6 Å². The van der Waals surface area contributed by atoms with Crippen LogP contribution in [0.3, 0.4) is 0 Å². The summed E-state index contributed by atoms with van der Waals surface area (Å²) in [6.45, 7) is 4.09. The molecule has 23 heavy (non-hydrogen) atoms. The fraction of sp³-hybridized carbons (Fsp3) is 0.263. The predicted octanol–water partition coefficient (Wildman–Crippen LogP) is 3.75. The number of benzene rings is 2. The molecule has 2 rings (SSSR count). The number of anilines is 1. The van der Waals surface area contributed by atoms with Crippen molar-refractivity contribution in [3.63, 3.8) is 0 Å². The Hall–Kier alpha value is -2.62. The number of hydrogen-bond donors (Lipinski definition) is 2. The minimum absolute atomic E-state index is 0.0153. The zero-order valence-corrected chi connectivity index (χ0v) is 13.4. The van der Waals surface area contributed by atoms with Crippen molar-refractivity contribution in [2.45, 2.75) is 32.6 Å². The van der Waals surface area contributed by atoms with Gasteiger partial charge in [-0.1, -0.05) is 43.3 Å². The van der Waals surface area contributed by atoms with Crippen LogP contribution in [0.4, 0.5) is 5.69 Å². The molecule has 0 saturated carbocycles. The molecule has 4 nitrogen and oxygen atoms in total. The molecule has 1 atom stereocenters. The van der Waals surface area contributed by atoms with Gasteiger partial charge in [0.2, 0.25) is 5.91 Å². The van der Waals surface area contributed by atoms with Crippen molar-refractivity contribution in [2.75, 3.05) is 5.32 Å². The van der Waals surface area contributed by atoms with E-state index in [0.29, 0.717) is 17.7 Å². The van der Waals surface area contributed by atoms with Gasteiger partial charge in [-0.25, -0.2) is 0 Å². The molecule has 0 heterocycles. The zero-order valence-electron chi connectivity index (χ0n) is 13.4. The van der Waals surface area contributed by atoms with Crippen LogP contribution in [0, 0.1) is 6.92 Å². The minimum atomic E-state index is -0.867. The Labute approximate surface area is 136 Å². The van der Waals surface area contributed by atoms with Crippen LogP contribution in [-0.2, 0) is 16.0 Å². The molecule has 0 bridgehead atoms. The van der Waals surface area contributed by atoms with Crippen LogP contribution in [0.2, 0.25) is 0 Å². The molecule has 2 N–H and O–H groups in total. The van der Waals surface area contributed by atoms with E-state index in [2.05, 4.69) is 5.32 Å². The molecular formula is C19H21NO3. The number of aliphatic carboxylic acids is 1. The third-order valence-electron chi connectivity index (χ3n) is 3.80. The smallest absolute Gasteiger partial charge is 0.307 e. The molecule has 4 heteroatoms. The monoisotopic (exact) mass is 311 g/mol. The predicted molar refractivity (Wildman–Crippen MR) is 90.6 cm³/mol. The van der Waals surface area contributed by atoms with E-state index in [1.54, 1.807) is 24.3 Å². The number of carbonyl (C=O) groups excluding carboxylic acids is 1. The average molecular weight is 311 g/mol. The van der Waals surface area contributed by atoms with Crippen LogP contribution in [0.5, 0.6) is 0 Å². The fourth-order valence-corrected chi connectivity index (χ4v) is 2.62. The van der Waals surface area contributed by atoms with E-state index in [0.717, 1.165) is 0 Å². The van der Waals surface area contributed by atoms with Gasteiger partial charge in [-0.2, -0.15) is 0 Å². The first-order valence-corrected chi connectivity index (χ1v) is 7.62. The quantitative estimate of drug-likeness (QED) is 0.853. The minimum Gasteiger partial charge on any atom is -0.481 e. The third-order valence-corrected chi connectivity index (χ3v) is 3.80. The Kier molecular flexibility index (Phi) is 5.52. The summed E-state index contributed by atoms with van der Waals surface area (Å²) in [6, 6.07) is 15.0. The molecular weight excluding hydrogens is 290 g/mol. The van der Waals surface area contributed by atoms with Crippen molar-refractivity contribution in [1.82, 2.24) is 0 Å². The molecule has 0 fully saturated rings. The molecule has 2 aromatic rings. The first-order chi connectivity index (χ1) is 11.0. The number of aryl methyl sites for hydroxylation is 1. The summed E-state index contributed by atoms with van der Waals surface area (Å²) in [5.41, 5.74) is 3.76. The van der Waals surface area contributed by atoms with Crippen LogP contribution in [0.1, 0.15) is 36.0 Å². The van der Waals surface area contributed by atoms with Gasteiger partial charge in [0.05, 0.1) is 6.42 Å². The van der Waals surface area contributed by atoms with Crippen molar-refractivity contribution < 1.29 is 14.7 Å². The van der Waals surface area contributed by atoms with E-state index in [1.165, 1.54) is 11.1 Å². The molecule has 120 valence electrons. The molecule has 2 aromatic carbocycles. The number of carbonyl (C=O) groups is 2. The molecule has 0 spiro atoms. The highest BCUT2D eigenvalue weighted by Gasteiger charge is 2.13. The summed E-state index contributed by atoms with van der Waals surface area (Å²) in [6.07, 6.45) is 0.389. The van der Waals surface area contributed by atoms with Gasteiger partial charge in [-0.05, 0) is 41.7 Å². The first-order valence-electron chi connectivity index (χ1n) is 7.62. The number of rotatable bonds is 6. The normalized spacial score (nSPS) is 11.7. The molecule has 0 saturated heterocycles. The van der Waals surface area contributed by atoms with Gasteiger partial charge < -0.3 is 10.4 Å². The topological polar surface area (TPSA) is 66.4 Å². The van der Waals surface area contributed by atoms with Gasteiger partial charge in [-0.15, -0.1) is 0 Å². The second-order valence-corrected chi connectivity index (χ2v) is 5.78. The number of nitrogens with one attached hydrogen (secondary N) is 1. The molecule has 0 aliphatic carbocycles. The van der Waals surface area contributed by atoms with Gasteiger partial charge in [0.1, 0.15) is 0 Å². The standard InChI is InChI=1S/C19H21NO3/c1-13-5-3-4-6-17(13)14(2)11-18(21)20-16-9-7-15(8-10-16)12-19(22)23/h3-10,14H,11-12H2,1-2H3,(H,20,21)(H,22,23). The lowest BCUT2D eigenvalue weighted by atomic mass is 9.93.